The van der Waals surface area contributed by atoms with Crippen LogP contribution in [-0.2, 0) is 11.3 Å². The van der Waals surface area contributed by atoms with Crippen LogP contribution >= 0.6 is 11.8 Å². The number of hydrogen-bond acceptors (Lipinski definition) is 3. The Hall–Kier alpha value is -1.95. The van der Waals surface area contributed by atoms with Gasteiger partial charge in [0, 0.05) is 18.0 Å². The summed E-state index contributed by atoms with van der Waals surface area (Å²) in [5, 5.41) is -0.192. The summed E-state index contributed by atoms with van der Waals surface area (Å²) in [4.78, 5) is 17.5. The molecular weight excluding hydrogens is 294 g/mol. The molecule has 0 saturated carbocycles. The summed E-state index contributed by atoms with van der Waals surface area (Å²) in [5.74, 6) is -0.754. The van der Waals surface area contributed by atoms with Crippen LogP contribution in [0.4, 0.5) is 8.78 Å². The topological polar surface area (TPSA) is 33.2 Å². The zero-order chi connectivity index (χ0) is 14.8. The number of hydrogen-bond donors (Lipinski definition) is 0. The summed E-state index contributed by atoms with van der Waals surface area (Å²) in [7, 11) is 0. The van der Waals surface area contributed by atoms with E-state index < -0.39 is 11.6 Å². The zero-order valence-electron chi connectivity index (χ0n) is 11.0. The quantitative estimate of drug-likeness (QED) is 0.873. The van der Waals surface area contributed by atoms with Gasteiger partial charge in [0.2, 0.25) is 5.91 Å². The van der Waals surface area contributed by atoms with Crippen LogP contribution in [0.5, 0.6) is 0 Å². The second-order valence-corrected chi connectivity index (χ2v) is 5.77. The van der Waals surface area contributed by atoms with E-state index in [1.165, 1.54) is 11.8 Å². The lowest BCUT2D eigenvalue weighted by molar-refractivity contribution is -0.128. The van der Waals surface area contributed by atoms with Crippen LogP contribution in [0.15, 0.2) is 42.7 Å². The SMILES string of the molecule is O=C1CSC(c2ccncc2)N1Cc1cc(F)ccc1F. The molecule has 0 spiro atoms. The first-order valence-electron chi connectivity index (χ1n) is 6.40. The molecule has 108 valence electrons. The fourth-order valence-corrected chi connectivity index (χ4v) is 3.47. The highest BCUT2D eigenvalue weighted by atomic mass is 32.2. The van der Waals surface area contributed by atoms with Crippen molar-refractivity contribution in [2.45, 2.75) is 11.9 Å². The molecule has 1 saturated heterocycles. The van der Waals surface area contributed by atoms with Gasteiger partial charge in [0.25, 0.3) is 0 Å². The minimum Gasteiger partial charge on any atom is -0.321 e. The molecule has 0 aliphatic carbocycles. The lowest BCUT2D eigenvalue weighted by atomic mass is 10.1. The molecule has 1 aromatic carbocycles. The van der Waals surface area contributed by atoms with Gasteiger partial charge in [-0.1, -0.05) is 0 Å². The first kappa shape index (κ1) is 14.0. The van der Waals surface area contributed by atoms with Gasteiger partial charge in [0.15, 0.2) is 0 Å². The van der Waals surface area contributed by atoms with Crippen molar-refractivity contribution in [3.05, 3.63) is 65.5 Å². The molecule has 1 amide bonds. The Balaban J connectivity index is 1.88. The monoisotopic (exact) mass is 306 g/mol. The number of amides is 1. The molecular formula is C15H12F2N2OS. The van der Waals surface area contributed by atoms with Crippen molar-refractivity contribution in [1.29, 1.82) is 0 Å². The van der Waals surface area contributed by atoms with Crippen molar-refractivity contribution in [1.82, 2.24) is 9.88 Å². The molecule has 1 aromatic heterocycles. The van der Waals surface area contributed by atoms with Gasteiger partial charge < -0.3 is 4.90 Å². The summed E-state index contributed by atoms with van der Waals surface area (Å²) < 4.78 is 27.0. The van der Waals surface area contributed by atoms with E-state index in [0.29, 0.717) is 5.75 Å². The molecule has 6 heteroatoms. The molecule has 0 N–H and O–H groups in total. The molecule has 1 fully saturated rings. The maximum absolute atomic E-state index is 13.8. The molecule has 3 rings (SSSR count). The van der Waals surface area contributed by atoms with E-state index in [2.05, 4.69) is 4.98 Å². The average Bonchev–Trinajstić information content (AvgIpc) is 2.85. The molecule has 3 nitrogen and oxygen atoms in total. The predicted octanol–water partition coefficient (Wildman–Crippen LogP) is 3.13. The fraction of sp³-hybridized carbons (Fsp3) is 0.200. The van der Waals surface area contributed by atoms with E-state index in [4.69, 9.17) is 0 Å². The van der Waals surface area contributed by atoms with Crippen LogP contribution in [-0.4, -0.2) is 21.5 Å². The van der Waals surface area contributed by atoms with E-state index in [0.717, 1.165) is 23.8 Å². The number of benzene rings is 1. The van der Waals surface area contributed by atoms with Crippen LogP contribution in [0, 0.1) is 11.6 Å². The molecule has 1 aliphatic heterocycles. The Bertz CT molecular complexity index is 666. The van der Waals surface area contributed by atoms with E-state index in [9.17, 15) is 13.6 Å². The maximum Gasteiger partial charge on any atom is 0.234 e. The number of nitrogens with zero attached hydrogens (tertiary/aromatic N) is 2. The van der Waals surface area contributed by atoms with Crippen LogP contribution in [0.25, 0.3) is 0 Å². The number of thioether (sulfide) groups is 1. The van der Waals surface area contributed by atoms with Gasteiger partial charge in [0.05, 0.1) is 12.3 Å². The van der Waals surface area contributed by atoms with E-state index in [-0.39, 0.29) is 23.4 Å². The van der Waals surface area contributed by atoms with Crippen LogP contribution in [0.2, 0.25) is 0 Å². The summed E-state index contributed by atoms with van der Waals surface area (Å²) >= 11 is 1.47. The second kappa shape index (κ2) is 5.81. The Morgan fingerprint density at radius 2 is 2.00 bits per heavy atom. The third-order valence-corrected chi connectivity index (χ3v) is 4.56. The summed E-state index contributed by atoms with van der Waals surface area (Å²) in [6.07, 6.45) is 3.30. The number of carbonyl (C=O) groups excluding carboxylic acids is 1. The minimum absolute atomic E-state index is 0.0580. The standard InChI is InChI=1S/C15H12F2N2OS/c16-12-1-2-13(17)11(7-12)8-19-14(20)9-21-15(19)10-3-5-18-6-4-10/h1-7,15H,8-9H2. The summed E-state index contributed by atoms with van der Waals surface area (Å²) in [6, 6.07) is 6.94. The molecule has 1 atom stereocenters. The van der Waals surface area contributed by atoms with Crippen LogP contribution in [0.3, 0.4) is 0 Å². The fourth-order valence-electron chi connectivity index (χ4n) is 2.28. The zero-order valence-corrected chi connectivity index (χ0v) is 11.8. The van der Waals surface area contributed by atoms with Crippen molar-refractivity contribution in [2.75, 3.05) is 5.75 Å². The Kier molecular flexibility index (Phi) is 3.88. The molecule has 2 heterocycles. The molecule has 1 aliphatic rings. The van der Waals surface area contributed by atoms with Crippen molar-refractivity contribution >= 4 is 17.7 Å². The van der Waals surface area contributed by atoms with Crippen LogP contribution in [0.1, 0.15) is 16.5 Å². The Labute approximate surface area is 125 Å². The highest BCUT2D eigenvalue weighted by molar-refractivity contribution is 8.00. The number of aromatic nitrogens is 1. The third-order valence-electron chi connectivity index (χ3n) is 3.31. The lowest BCUT2D eigenvalue weighted by Crippen LogP contribution is -2.28. The van der Waals surface area contributed by atoms with Crippen LogP contribution < -0.4 is 0 Å². The van der Waals surface area contributed by atoms with E-state index in [1.807, 2.05) is 12.1 Å². The molecule has 21 heavy (non-hydrogen) atoms. The minimum atomic E-state index is -0.508. The Morgan fingerprint density at radius 3 is 2.76 bits per heavy atom. The molecule has 2 aromatic rings. The van der Waals surface area contributed by atoms with Crippen molar-refractivity contribution < 1.29 is 13.6 Å². The highest BCUT2D eigenvalue weighted by Gasteiger charge is 2.33. The first-order chi connectivity index (χ1) is 10.1. The lowest BCUT2D eigenvalue weighted by Gasteiger charge is -2.24. The number of halogens is 2. The van der Waals surface area contributed by atoms with E-state index >= 15 is 0 Å². The van der Waals surface area contributed by atoms with Gasteiger partial charge in [-0.15, -0.1) is 11.8 Å². The Morgan fingerprint density at radius 1 is 1.24 bits per heavy atom. The first-order valence-corrected chi connectivity index (χ1v) is 7.45. The average molecular weight is 306 g/mol. The van der Waals surface area contributed by atoms with Gasteiger partial charge >= 0.3 is 0 Å². The van der Waals surface area contributed by atoms with Gasteiger partial charge in [-0.25, -0.2) is 8.78 Å². The van der Waals surface area contributed by atoms with Crippen molar-refractivity contribution in [2.24, 2.45) is 0 Å². The smallest absolute Gasteiger partial charge is 0.234 e. The number of carbonyl (C=O) groups is 1. The molecule has 0 bridgehead atoms. The van der Waals surface area contributed by atoms with Gasteiger partial charge in [-0.3, -0.25) is 9.78 Å². The third kappa shape index (κ3) is 2.90. The summed E-state index contributed by atoms with van der Waals surface area (Å²) in [6.45, 7) is 0.0580. The number of rotatable bonds is 3. The highest BCUT2D eigenvalue weighted by Crippen LogP contribution is 2.39. The largest absolute Gasteiger partial charge is 0.321 e. The normalized spacial score (nSPS) is 18.3. The summed E-state index contributed by atoms with van der Waals surface area (Å²) in [5.41, 5.74) is 1.11. The second-order valence-electron chi connectivity index (χ2n) is 4.70. The van der Waals surface area contributed by atoms with Gasteiger partial charge in [-0.2, -0.15) is 0 Å². The molecule has 1 unspecified atom stereocenters. The molecule has 0 radical (unpaired) electrons. The van der Waals surface area contributed by atoms with Crippen molar-refractivity contribution in [3.8, 4) is 0 Å². The van der Waals surface area contributed by atoms with Gasteiger partial charge in [0.1, 0.15) is 17.0 Å². The van der Waals surface area contributed by atoms with Crippen molar-refractivity contribution in [3.63, 3.8) is 0 Å². The maximum atomic E-state index is 13.8. The number of pyridine rings is 1. The predicted molar refractivity (Wildman–Crippen MR) is 76.3 cm³/mol. The van der Waals surface area contributed by atoms with Gasteiger partial charge in [-0.05, 0) is 35.9 Å². The van der Waals surface area contributed by atoms with E-state index in [1.54, 1.807) is 17.3 Å².